The molecular formula is C15H23ClN2O3. The summed E-state index contributed by atoms with van der Waals surface area (Å²) in [6.07, 6.45) is 0.903. The van der Waals surface area contributed by atoms with Crippen LogP contribution in [0.5, 0.6) is 0 Å². The lowest BCUT2D eigenvalue weighted by Crippen LogP contribution is -2.53. The predicted octanol–water partition coefficient (Wildman–Crippen LogP) is 1.03. The molecule has 1 fully saturated rings. The van der Waals surface area contributed by atoms with E-state index < -0.39 is 6.10 Å². The van der Waals surface area contributed by atoms with E-state index >= 15 is 0 Å². The Bertz CT molecular complexity index is 436. The molecule has 1 aliphatic rings. The van der Waals surface area contributed by atoms with Crippen molar-refractivity contribution in [2.45, 2.75) is 24.5 Å². The molecule has 2 unspecified atom stereocenters. The normalized spacial score (nSPS) is 22.4. The van der Waals surface area contributed by atoms with Crippen molar-refractivity contribution in [2.75, 3.05) is 26.8 Å². The maximum atomic E-state index is 12.0. The number of hydrogen-bond donors (Lipinski definition) is 3. The van der Waals surface area contributed by atoms with Crippen LogP contribution in [0.3, 0.4) is 0 Å². The number of carbonyl (C=O) groups is 1. The van der Waals surface area contributed by atoms with Gasteiger partial charge in [-0.25, -0.2) is 0 Å². The van der Waals surface area contributed by atoms with Gasteiger partial charge in [0.25, 0.3) is 5.91 Å². The quantitative estimate of drug-likeness (QED) is 0.733. The third kappa shape index (κ3) is 4.68. The molecule has 0 aliphatic carbocycles. The number of hydrogen-bond acceptors (Lipinski definition) is 4. The summed E-state index contributed by atoms with van der Waals surface area (Å²) in [6.45, 7) is 1.94. The lowest BCUT2D eigenvalue weighted by Gasteiger charge is -2.29. The van der Waals surface area contributed by atoms with Gasteiger partial charge >= 0.3 is 0 Å². The van der Waals surface area contributed by atoms with Crippen LogP contribution >= 0.6 is 12.4 Å². The Balaban J connectivity index is 0.00000220. The third-order valence-corrected chi connectivity index (χ3v) is 3.72. The Hall–Kier alpha value is -1.14. The van der Waals surface area contributed by atoms with Gasteiger partial charge in [0, 0.05) is 13.7 Å². The summed E-state index contributed by atoms with van der Waals surface area (Å²) < 4.78 is 5.23. The monoisotopic (exact) mass is 314 g/mol. The summed E-state index contributed by atoms with van der Waals surface area (Å²) in [4.78, 5) is 12.0. The van der Waals surface area contributed by atoms with Crippen molar-refractivity contribution < 1.29 is 14.6 Å². The number of nitrogens with one attached hydrogen (secondary N) is 2. The number of benzene rings is 1. The molecule has 5 nitrogen and oxygen atoms in total. The zero-order valence-corrected chi connectivity index (χ0v) is 13.0. The number of amides is 1. The Morgan fingerprint density at radius 1 is 1.48 bits per heavy atom. The maximum Gasteiger partial charge on any atom is 0.253 e. The van der Waals surface area contributed by atoms with Gasteiger partial charge < -0.3 is 20.5 Å². The molecule has 1 saturated heterocycles. The van der Waals surface area contributed by atoms with Gasteiger partial charge in [0.2, 0.25) is 0 Å². The highest BCUT2D eigenvalue weighted by Crippen LogP contribution is 2.19. The zero-order chi connectivity index (χ0) is 14.4. The van der Waals surface area contributed by atoms with E-state index in [4.69, 9.17) is 4.74 Å². The zero-order valence-electron chi connectivity index (χ0n) is 12.2. The van der Waals surface area contributed by atoms with Crippen LogP contribution in [0, 0.1) is 0 Å². The second kappa shape index (κ2) is 8.34. The fourth-order valence-electron chi connectivity index (χ4n) is 2.61. The molecule has 3 N–H and O–H groups in total. The summed E-state index contributed by atoms with van der Waals surface area (Å²) in [5, 5.41) is 16.2. The van der Waals surface area contributed by atoms with Gasteiger partial charge in [0.1, 0.15) is 0 Å². The van der Waals surface area contributed by atoms with E-state index in [0.29, 0.717) is 18.7 Å². The third-order valence-electron chi connectivity index (χ3n) is 3.72. The molecule has 6 heteroatoms. The Kier molecular flexibility index (Phi) is 7.11. The number of halogens is 1. The van der Waals surface area contributed by atoms with Crippen molar-refractivity contribution in [1.29, 1.82) is 0 Å². The molecule has 0 radical (unpaired) electrons. The van der Waals surface area contributed by atoms with Crippen LogP contribution in [-0.2, 0) is 9.53 Å². The fourth-order valence-corrected chi connectivity index (χ4v) is 2.61. The molecule has 118 valence electrons. The number of carbonyl (C=O) groups excluding carboxylic acids is 1. The van der Waals surface area contributed by atoms with E-state index in [9.17, 15) is 9.90 Å². The highest BCUT2D eigenvalue weighted by molar-refractivity contribution is 5.85. The van der Waals surface area contributed by atoms with Crippen molar-refractivity contribution in [2.24, 2.45) is 0 Å². The molecule has 1 aromatic rings. The molecular weight excluding hydrogens is 292 g/mol. The highest BCUT2D eigenvalue weighted by Gasteiger charge is 2.34. The van der Waals surface area contributed by atoms with Gasteiger partial charge in [-0.05, 0) is 24.9 Å². The van der Waals surface area contributed by atoms with Crippen molar-refractivity contribution >= 4 is 18.3 Å². The minimum Gasteiger partial charge on any atom is -0.383 e. The summed E-state index contributed by atoms with van der Waals surface area (Å²) in [7, 11) is 1.66. The van der Waals surface area contributed by atoms with Gasteiger partial charge in [-0.1, -0.05) is 30.3 Å². The lowest BCUT2D eigenvalue weighted by atomic mass is 9.98. The lowest BCUT2D eigenvalue weighted by molar-refractivity contribution is -0.130. The van der Waals surface area contributed by atoms with E-state index in [1.807, 2.05) is 6.07 Å². The van der Waals surface area contributed by atoms with Crippen LogP contribution in [-0.4, -0.2) is 43.4 Å². The molecule has 0 aromatic heterocycles. The van der Waals surface area contributed by atoms with Gasteiger partial charge in [0.15, 0.2) is 6.10 Å². The average molecular weight is 315 g/mol. The smallest absolute Gasteiger partial charge is 0.253 e. The molecule has 1 amide bonds. The molecule has 2 atom stereocenters. The van der Waals surface area contributed by atoms with Gasteiger partial charge in [-0.3, -0.25) is 4.79 Å². The van der Waals surface area contributed by atoms with E-state index in [1.165, 1.54) is 0 Å². The first-order valence-electron chi connectivity index (χ1n) is 6.92. The molecule has 2 rings (SSSR count). The SMILES string of the molecule is COCC1(CNC(=O)C(O)c2ccccc2)CCCN1.Cl. The highest BCUT2D eigenvalue weighted by atomic mass is 35.5. The molecule has 0 spiro atoms. The predicted molar refractivity (Wildman–Crippen MR) is 83.5 cm³/mol. The van der Waals surface area contributed by atoms with E-state index in [-0.39, 0.29) is 23.9 Å². The first-order valence-corrected chi connectivity index (χ1v) is 6.92. The minimum absolute atomic E-state index is 0. The molecule has 0 saturated carbocycles. The first-order chi connectivity index (χ1) is 9.67. The Morgan fingerprint density at radius 3 is 2.76 bits per heavy atom. The molecule has 21 heavy (non-hydrogen) atoms. The topological polar surface area (TPSA) is 70.6 Å². The van der Waals surface area contributed by atoms with Crippen molar-refractivity contribution in [1.82, 2.24) is 10.6 Å². The largest absolute Gasteiger partial charge is 0.383 e. The first kappa shape index (κ1) is 17.9. The fraction of sp³-hybridized carbons (Fsp3) is 0.533. The summed E-state index contributed by atoms with van der Waals surface area (Å²) >= 11 is 0. The van der Waals surface area contributed by atoms with Crippen LogP contribution in [0.25, 0.3) is 0 Å². The van der Waals surface area contributed by atoms with Crippen molar-refractivity contribution in [3.05, 3.63) is 35.9 Å². The Morgan fingerprint density at radius 2 is 2.19 bits per heavy atom. The summed E-state index contributed by atoms with van der Waals surface area (Å²) in [6, 6.07) is 8.93. The molecule has 1 aliphatic heterocycles. The van der Waals surface area contributed by atoms with Gasteiger partial charge in [-0.2, -0.15) is 0 Å². The second-order valence-corrected chi connectivity index (χ2v) is 5.27. The van der Waals surface area contributed by atoms with E-state index in [1.54, 1.807) is 31.4 Å². The number of aliphatic hydroxyl groups is 1. The van der Waals surface area contributed by atoms with Crippen LogP contribution in [0.1, 0.15) is 24.5 Å². The van der Waals surface area contributed by atoms with Crippen molar-refractivity contribution in [3.8, 4) is 0 Å². The number of ether oxygens (including phenoxy) is 1. The average Bonchev–Trinajstić information content (AvgIpc) is 2.94. The van der Waals surface area contributed by atoms with Gasteiger partial charge in [-0.15, -0.1) is 12.4 Å². The molecule has 1 heterocycles. The summed E-state index contributed by atoms with van der Waals surface area (Å²) in [5.74, 6) is -0.375. The number of aliphatic hydroxyl groups excluding tert-OH is 1. The van der Waals surface area contributed by atoms with E-state index in [0.717, 1.165) is 19.4 Å². The Labute approximate surface area is 131 Å². The number of rotatable bonds is 6. The van der Waals surface area contributed by atoms with E-state index in [2.05, 4.69) is 10.6 Å². The van der Waals surface area contributed by atoms with Crippen LogP contribution in [0.15, 0.2) is 30.3 Å². The second-order valence-electron chi connectivity index (χ2n) is 5.27. The van der Waals surface area contributed by atoms with Crippen molar-refractivity contribution in [3.63, 3.8) is 0 Å². The summed E-state index contributed by atoms with van der Waals surface area (Å²) in [5.41, 5.74) is 0.394. The maximum absolute atomic E-state index is 12.0. The standard InChI is InChI=1S/C15H22N2O3.ClH/c1-20-11-15(8-5-9-17-15)10-16-14(19)13(18)12-6-3-2-4-7-12;/h2-4,6-7,13,17-18H,5,8-11H2,1H3,(H,16,19);1H. The number of methoxy groups -OCH3 is 1. The molecule has 0 bridgehead atoms. The van der Waals surface area contributed by atoms with Crippen LogP contribution in [0.4, 0.5) is 0 Å². The van der Waals surface area contributed by atoms with Gasteiger partial charge in [0.05, 0.1) is 12.1 Å². The van der Waals surface area contributed by atoms with Crippen LogP contribution < -0.4 is 10.6 Å². The minimum atomic E-state index is -1.13. The van der Waals surface area contributed by atoms with Crippen LogP contribution in [0.2, 0.25) is 0 Å². The molecule has 1 aromatic carbocycles.